The third-order valence-electron chi connectivity index (χ3n) is 5.52. The van der Waals surface area contributed by atoms with Gasteiger partial charge in [-0.25, -0.2) is 4.98 Å². The zero-order chi connectivity index (χ0) is 21.3. The number of rotatable bonds is 7. The van der Waals surface area contributed by atoms with E-state index in [0.29, 0.717) is 30.7 Å². The highest BCUT2D eigenvalue weighted by Crippen LogP contribution is 2.36. The van der Waals surface area contributed by atoms with E-state index in [1.54, 1.807) is 11.3 Å². The van der Waals surface area contributed by atoms with Gasteiger partial charge < -0.3 is 19.8 Å². The van der Waals surface area contributed by atoms with Gasteiger partial charge in [-0.05, 0) is 63.6 Å². The number of anilines is 1. The van der Waals surface area contributed by atoms with E-state index in [2.05, 4.69) is 17.2 Å². The maximum absolute atomic E-state index is 12.9. The molecule has 2 atom stereocenters. The van der Waals surface area contributed by atoms with Crippen molar-refractivity contribution >= 4 is 27.2 Å². The van der Waals surface area contributed by atoms with Gasteiger partial charge in [-0.1, -0.05) is 6.92 Å². The Labute approximate surface area is 180 Å². The molecule has 0 saturated heterocycles. The molecule has 0 amide bonds. The van der Waals surface area contributed by atoms with Crippen LogP contribution in [0, 0.1) is 5.92 Å². The molecule has 0 saturated carbocycles. The number of H-pyrrole nitrogens is 1. The summed E-state index contributed by atoms with van der Waals surface area (Å²) < 4.78 is 11.3. The summed E-state index contributed by atoms with van der Waals surface area (Å²) >= 11 is 1.68. The summed E-state index contributed by atoms with van der Waals surface area (Å²) in [7, 11) is 0. The number of nitrogens with one attached hydrogen (secondary N) is 2. The second-order valence-electron chi connectivity index (χ2n) is 7.88. The summed E-state index contributed by atoms with van der Waals surface area (Å²) in [5, 5.41) is 4.21. The number of fused-ring (bicyclic) bond motifs is 3. The van der Waals surface area contributed by atoms with Crippen molar-refractivity contribution in [2.24, 2.45) is 5.92 Å². The molecule has 6 nitrogen and oxygen atoms in total. The summed E-state index contributed by atoms with van der Waals surface area (Å²) in [6, 6.07) is 5.61. The quantitative estimate of drug-likeness (QED) is 0.550. The Morgan fingerprint density at radius 1 is 1.27 bits per heavy atom. The number of aryl methyl sites for hydroxylation is 1. The first-order valence-corrected chi connectivity index (χ1v) is 11.5. The molecule has 0 radical (unpaired) electrons. The van der Waals surface area contributed by atoms with Gasteiger partial charge in [0.2, 0.25) is 0 Å². The molecular formula is C23H29N3O3S. The Balaban J connectivity index is 1.61. The average molecular weight is 428 g/mol. The lowest BCUT2D eigenvalue weighted by molar-refractivity contribution is 0.288. The molecule has 2 N–H and O–H groups in total. The Kier molecular flexibility index (Phi) is 5.99. The van der Waals surface area contributed by atoms with E-state index in [9.17, 15) is 4.79 Å². The Morgan fingerprint density at radius 3 is 2.80 bits per heavy atom. The first kappa shape index (κ1) is 20.7. The van der Waals surface area contributed by atoms with Crippen molar-refractivity contribution in [1.29, 1.82) is 0 Å². The number of nitrogens with zero attached hydrogens (tertiary/aromatic N) is 1. The van der Waals surface area contributed by atoms with Crippen molar-refractivity contribution < 1.29 is 9.47 Å². The normalized spacial score (nSPS) is 16.9. The topological polar surface area (TPSA) is 76.2 Å². The highest BCUT2D eigenvalue weighted by molar-refractivity contribution is 7.18. The molecule has 2 aromatic heterocycles. The van der Waals surface area contributed by atoms with Crippen LogP contribution in [0.3, 0.4) is 0 Å². The van der Waals surface area contributed by atoms with Crippen LogP contribution in [0.2, 0.25) is 0 Å². The molecule has 3 aromatic rings. The lowest BCUT2D eigenvalue weighted by Gasteiger charge is -2.18. The van der Waals surface area contributed by atoms with Crippen molar-refractivity contribution in [3.63, 3.8) is 0 Å². The number of hydrogen-bond acceptors (Lipinski definition) is 6. The van der Waals surface area contributed by atoms with E-state index >= 15 is 0 Å². The summed E-state index contributed by atoms with van der Waals surface area (Å²) in [4.78, 5) is 22.9. The van der Waals surface area contributed by atoms with Crippen LogP contribution in [-0.4, -0.2) is 23.2 Å². The molecule has 0 bridgehead atoms. The van der Waals surface area contributed by atoms with Gasteiger partial charge in [0, 0.05) is 16.6 Å². The van der Waals surface area contributed by atoms with Gasteiger partial charge in [-0.3, -0.25) is 4.79 Å². The van der Waals surface area contributed by atoms with Gasteiger partial charge in [0.1, 0.15) is 10.7 Å². The molecule has 0 aliphatic heterocycles. The number of hydrogen-bond donors (Lipinski definition) is 2. The van der Waals surface area contributed by atoms with Gasteiger partial charge in [0.25, 0.3) is 5.56 Å². The predicted molar refractivity (Wildman–Crippen MR) is 122 cm³/mol. The van der Waals surface area contributed by atoms with E-state index in [1.165, 1.54) is 10.4 Å². The number of aromatic nitrogens is 2. The Morgan fingerprint density at radius 2 is 2.03 bits per heavy atom. The van der Waals surface area contributed by atoms with Crippen molar-refractivity contribution in [2.75, 3.05) is 18.5 Å². The number of aromatic amines is 1. The summed E-state index contributed by atoms with van der Waals surface area (Å²) in [6.07, 6.45) is 3.16. The molecular weight excluding hydrogens is 398 g/mol. The first-order chi connectivity index (χ1) is 14.5. The maximum atomic E-state index is 12.9. The van der Waals surface area contributed by atoms with Crippen LogP contribution in [0.5, 0.6) is 11.5 Å². The molecule has 0 spiro atoms. The molecule has 1 aromatic carbocycles. The highest BCUT2D eigenvalue weighted by Gasteiger charge is 2.23. The number of benzene rings is 1. The van der Waals surface area contributed by atoms with Crippen molar-refractivity contribution in [3.05, 3.63) is 44.8 Å². The molecule has 0 fully saturated rings. The molecule has 1 aliphatic carbocycles. The molecule has 30 heavy (non-hydrogen) atoms. The third kappa shape index (κ3) is 4.03. The van der Waals surface area contributed by atoms with Gasteiger partial charge in [0.05, 0.1) is 24.6 Å². The van der Waals surface area contributed by atoms with E-state index in [1.807, 2.05) is 39.0 Å². The Bertz CT molecular complexity index is 1110. The van der Waals surface area contributed by atoms with Crippen LogP contribution in [0.4, 0.5) is 5.69 Å². The number of ether oxygens (including phenoxy) is 2. The lowest BCUT2D eigenvalue weighted by Crippen LogP contribution is -2.18. The van der Waals surface area contributed by atoms with Crippen LogP contribution < -0.4 is 20.3 Å². The van der Waals surface area contributed by atoms with Crippen LogP contribution in [-0.2, 0) is 12.8 Å². The maximum Gasteiger partial charge on any atom is 0.259 e. The summed E-state index contributed by atoms with van der Waals surface area (Å²) in [6.45, 7) is 9.31. The third-order valence-corrected chi connectivity index (χ3v) is 6.67. The highest BCUT2D eigenvalue weighted by atomic mass is 32.1. The summed E-state index contributed by atoms with van der Waals surface area (Å²) in [5.74, 6) is 2.74. The minimum absolute atomic E-state index is 0.0302. The minimum Gasteiger partial charge on any atom is -0.490 e. The van der Waals surface area contributed by atoms with Crippen LogP contribution in [0.25, 0.3) is 10.2 Å². The minimum atomic E-state index is -0.160. The van der Waals surface area contributed by atoms with Crippen LogP contribution >= 0.6 is 11.3 Å². The van der Waals surface area contributed by atoms with Crippen molar-refractivity contribution in [3.8, 4) is 11.5 Å². The SMILES string of the molecule is CCOc1ccc(N[C@@H](C)c2nc3sc4c(c3c(=O)[nH]2)CC[C@@H](C)C4)cc1OCC. The Hall–Kier alpha value is -2.54. The van der Waals surface area contributed by atoms with Gasteiger partial charge in [0.15, 0.2) is 11.5 Å². The molecule has 2 heterocycles. The first-order valence-electron chi connectivity index (χ1n) is 10.7. The smallest absolute Gasteiger partial charge is 0.259 e. The number of thiophene rings is 1. The predicted octanol–water partition coefficient (Wildman–Crippen LogP) is 5.08. The zero-order valence-corrected chi connectivity index (χ0v) is 18.8. The molecule has 160 valence electrons. The van der Waals surface area contributed by atoms with Crippen LogP contribution in [0.1, 0.15) is 56.4 Å². The average Bonchev–Trinajstić information content (AvgIpc) is 3.08. The van der Waals surface area contributed by atoms with Crippen molar-refractivity contribution in [2.45, 2.75) is 53.0 Å². The van der Waals surface area contributed by atoms with Gasteiger partial charge in [-0.2, -0.15) is 0 Å². The van der Waals surface area contributed by atoms with E-state index in [4.69, 9.17) is 14.5 Å². The lowest BCUT2D eigenvalue weighted by atomic mass is 9.89. The molecule has 1 aliphatic rings. The van der Waals surface area contributed by atoms with Gasteiger partial charge in [-0.15, -0.1) is 11.3 Å². The monoisotopic (exact) mass is 427 g/mol. The van der Waals surface area contributed by atoms with Crippen molar-refractivity contribution in [1.82, 2.24) is 9.97 Å². The van der Waals surface area contributed by atoms with E-state index in [0.717, 1.165) is 40.9 Å². The fraction of sp³-hybridized carbons (Fsp3) is 0.478. The standard InChI is InChI=1S/C23H29N3O3S/c1-5-28-17-10-8-15(12-18(17)29-6-2)24-14(4)21-25-22(27)20-16-9-7-13(3)11-19(16)30-23(20)26-21/h8,10,12-14,24H,5-7,9,11H2,1-4H3,(H,25,26,27)/t13-,14+/m1/s1. The second-order valence-corrected chi connectivity index (χ2v) is 8.96. The fourth-order valence-electron chi connectivity index (χ4n) is 4.03. The van der Waals surface area contributed by atoms with Gasteiger partial charge >= 0.3 is 0 Å². The largest absolute Gasteiger partial charge is 0.490 e. The zero-order valence-electron chi connectivity index (χ0n) is 18.0. The fourth-order valence-corrected chi connectivity index (χ4v) is 5.42. The van der Waals surface area contributed by atoms with Crippen LogP contribution in [0.15, 0.2) is 23.0 Å². The molecule has 7 heteroatoms. The van der Waals surface area contributed by atoms with E-state index in [-0.39, 0.29) is 11.6 Å². The molecule has 4 rings (SSSR count). The second kappa shape index (κ2) is 8.68. The molecule has 0 unspecified atom stereocenters. The van der Waals surface area contributed by atoms with E-state index < -0.39 is 0 Å². The summed E-state index contributed by atoms with van der Waals surface area (Å²) in [5.41, 5.74) is 2.07.